The zero-order valence-corrected chi connectivity index (χ0v) is 14.1. The molecule has 1 aromatic rings. The Morgan fingerprint density at radius 3 is 2.82 bits per heavy atom. The highest BCUT2D eigenvalue weighted by atomic mass is 79.9. The van der Waals surface area contributed by atoms with Crippen LogP contribution in [-0.2, 0) is 20.7 Å². The number of rotatable bonds is 6. The molecule has 0 spiro atoms. The summed E-state index contributed by atoms with van der Waals surface area (Å²) in [5.41, 5.74) is -0.231. The standard InChI is InChI=1S/C16H20BrNO4/c1-2-12(8-11-4-3-5-13(17)9-11)14(19)18-16(15(20)21)6-7-22-10-16/h3-5,9,12H,2,6-8,10H2,1H3,(H,18,19)(H,20,21). The highest BCUT2D eigenvalue weighted by molar-refractivity contribution is 9.10. The molecule has 1 heterocycles. The minimum Gasteiger partial charge on any atom is -0.479 e. The first-order valence-corrected chi connectivity index (χ1v) is 8.14. The molecule has 1 aromatic carbocycles. The van der Waals surface area contributed by atoms with Crippen molar-refractivity contribution < 1.29 is 19.4 Å². The van der Waals surface area contributed by atoms with Gasteiger partial charge in [-0.2, -0.15) is 0 Å². The minimum absolute atomic E-state index is 0.0292. The van der Waals surface area contributed by atoms with Crippen molar-refractivity contribution >= 4 is 27.8 Å². The molecule has 2 N–H and O–H groups in total. The van der Waals surface area contributed by atoms with Crippen LogP contribution in [0.4, 0.5) is 0 Å². The van der Waals surface area contributed by atoms with Crippen molar-refractivity contribution in [3.8, 4) is 0 Å². The summed E-state index contributed by atoms with van der Waals surface area (Å²) in [7, 11) is 0. The first-order chi connectivity index (χ1) is 10.5. The van der Waals surface area contributed by atoms with Crippen LogP contribution in [0.2, 0.25) is 0 Å². The van der Waals surface area contributed by atoms with Crippen LogP contribution in [0.5, 0.6) is 0 Å². The Kier molecular flexibility index (Phi) is 5.58. The number of carboxylic acids is 1. The van der Waals surface area contributed by atoms with Crippen molar-refractivity contribution in [2.75, 3.05) is 13.2 Å². The lowest BCUT2D eigenvalue weighted by Crippen LogP contribution is -2.56. The van der Waals surface area contributed by atoms with Gasteiger partial charge in [-0.05, 0) is 30.5 Å². The van der Waals surface area contributed by atoms with E-state index in [0.29, 0.717) is 25.9 Å². The van der Waals surface area contributed by atoms with E-state index in [4.69, 9.17) is 4.74 Å². The smallest absolute Gasteiger partial charge is 0.331 e. The van der Waals surface area contributed by atoms with Crippen molar-refractivity contribution in [3.63, 3.8) is 0 Å². The number of carbonyl (C=O) groups is 2. The molecule has 2 unspecified atom stereocenters. The first kappa shape index (κ1) is 17.0. The van der Waals surface area contributed by atoms with Crippen LogP contribution < -0.4 is 5.32 Å². The van der Waals surface area contributed by atoms with Gasteiger partial charge in [0.1, 0.15) is 0 Å². The second-order valence-electron chi connectivity index (χ2n) is 5.62. The van der Waals surface area contributed by atoms with Crippen LogP contribution in [0.15, 0.2) is 28.7 Å². The van der Waals surface area contributed by atoms with E-state index >= 15 is 0 Å². The number of benzene rings is 1. The predicted octanol–water partition coefficient (Wildman–Crippen LogP) is 2.38. The molecular formula is C16H20BrNO4. The summed E-state index contributed by atoms with van der Waals surface area (Å²) < 4.78 is 6.13. The van der Waals surface area contributed by atoms with E-state index in [2.05, 4.69) is 21.2 Å². The molecule has 6 heteroatoms. The van der Waals surface area contributed by atoms with Gasteiger partial charge in [0.2, 0.25) is 5.91 Å². The lowest BCUT2D eigenvalue weighted by Gasteiger charge is -2.26. The molecule has 5 nitrogen and oxygen atoms in total. The van der Waals surface area contributed by atoms with Crippen LogP contribution >= 0.6 is 15.9 Å². The fourth-order valence-corrected chi connectivity index (χ4v) is 3.04. The Morgan fingerprint density at radius 2 is 2.27 bits per heavy atom. The summed E-state index contributed by atoms with van der Waals surface area (Å²) in [6, 6.07) is 7.79. The molecule has 22 heavy (non-hydrogen) atoms. The molecule has 1 saturated heterocycles. The second kappa shape index (κ2) is 7.24. The Balaban J connectivity index is 2.07. The van der Waals surface area contributed by atoms with E-state index in [1.807, 2.05) is 31.2 Å². The van der Waals surface area contributed by atoms with Crippen LogP contribution in [0.25, 0.3) is 0 Å². The van der Waals surface area contributed by atoms with Crippen LogP contribution in [-0.4, -0.2) is 35.7 Å². The first-order valence-electron chi connectivity index (χ1n) is 7.34. The SMILES string of the molecule is CCC(Cc1cccc(Br)c1)C(=O)NC1(C(=O)O)CCOC1. The summed E-state index contributed by atoms with van der Waals surface area (Å²) in [4.78, 5) is 24.0. The van der Waals surface area contributed by atoms with Crippen LogP contribution in [0.3, 0.4) is 0 Å². The number of ether oxygens (including phenoxy) is 1. The summed E-state index contributed by atoms with van der Waals surface area (Å²) in [5, 5.41) is 12.1. The summed E-state index contributed by atoms with van der Waals surface area (Å²) in [6.45, 7) is 2.32. The maximum atomic E-state index is 12.5. The van der Waals surface area contributed by atoms with Crippen molar-refractivity contribution in [2.45, 2.75) is 31.7 Å². The molecular weight excluding hydrogens is 350 g/mol. The fourth-order valence-electron chi connectivity index (χ4n) is 2.59. The molecule has 0 saturated carbocycles. The average molecular weight is 370 g/mol. The summed E-state index contributed by atoms with van der Waals surface area (Å²) in [5.74, 6) is -1.52. The largest absolute Gasteiger partial charge is 0.479 e. The highest BCUT2D eigenvalue weighted by Gasteiger charge is 2.44. The van der Waals surface area contributed by atoms with E-state index < -0.39 is 11.5 Å². The maximum absolute atomic E-state index is 12.5. The molecule has 0 radical (unpaired) electrons. The molecule has 120 valence electrons. The lowest BCUT2D eigenvalue weighted by molar-refractivity contribution is -0.148. The molecule has 0 aliphatic carbocycles. The Morgan fingerprint density at radius 1 is 1.50 bits per heavy atom. The van der Waals surface area contributed by atoms with E-state index in [-0.39, 0.29) is 18.4 Å². The maximum Gasteiger partial charge on any atom is 0.331 e. The van der Waals surface area contributed by atoms with Gasteiger partial charge in [0.05, 0.1) is 6.61 Å². The topological polar surface area (TPSA) is 75.6 Å². The van der Waals surface area contributed by atoms with Crippen molar-refractivity contribution in [2.24, 2.45) is 5.92 Å². The molecule has 1 fully saturated rings. The number of amides is 1. The molecule has 1 aliphatic heterocycles. The third kappa shape index (κ3) is 3.87. The number of hydrogen-bond donors (Lipinski definition) is 2. The molecule has 0 aromatic heterocycles. The third-order valence-corrected chi connectivity index (χ3v) is 4.52. The number of halogens is 1. The van der Waals surface area contributed by atoms with Crippen molar-refractivity contribution in [1.29, 1.82) is 0 Å². The zero-order chi connectivity index (χ0) is 16.2. The van der Waals surface area contributed by atoms with Crippen molar-refractivity contribution in [3.05, 3.63) is 34.3 Å². The Bertz CT molecular complexity index is 555. The lowest BCUT2D eigenvalue weighted by atomic mass is 9.93. The van der Waals surface area contributed by atoms with Gasteiger partial charge in [0.25, 0.3) is 0 Å². The quantitative estimate of drug-likeness (QED) is 0.806. The van der Waals surface area contributed by atoms with Gasteiger partial charge in [0.15, 0.2) is 5.54 Å². The van der Waals surface area contributed by atoms with E-state index in [9.17, 15) is 14.7 Å². The monoisotopic (exact) mass is 369 g/mol. The fraction of sp³-hybridized carbons (Fsp3) is 0.500. The molecule has 1 aliphatic rings. The highest BCUT2D eigenvalue weighted by Crippen LogP contribution is 2.22. The molecule has 2 atom stereocenters. The molecule has 1 amide bonds. The van der Waals surface area contributed by atoms with E-state index in [1.165, 1.54) is 0 Å². The number of carboxylic acid groups (broad SMARTS) is 1. The number of hydrogen-bond acceptors (Lipinski definition) is 3. The van der Waals surface area contributed by atoms with Gasteiger partial charge in [-0.25, -0.2) is 4.79 Å². The van der Waals surface area contributed by atoms with Gasteiger partial charge in [0, 0.05) is 23.4 Å². The second-order valence-corrected chi connectivity index (χ2v) is 6.53. The van der Waals surface area contributed by atoms with Crippen molar-refractivity contribution in [1.82, 2.24) is 5.32 Å². The van der Waals surface area contributed by atoms with Gasteiger partial charge in [-0.1, -0.05) is 35.0 Å². The van der Waals surface area contributed by atoms with Gasteiger partial charge in [-0.3, -0.25) is 4.79 Å². The predicted molar refractivity (Wildman–Crippen MR) is 85.6 cm³/mol. The number of carbonyl (C=O) groups excluding carboxylic acids is 1. The molecule has 2 rings (SSSR count). The summed E-state index contributed by atoms with van der Waals surface area (Å²) >= 11 is 3.41. The Labute approximate surface area is 138 Å². The van der Waals surface area contributed by atoms with Crippen LogP contribution in [0, 0.1) is 5.92 Å². The van der Waals surface area contributed by atoms with Crippen LogP contribution in [0.1, 0.15) is 25.3 Å². The zero-order valence-electron chi connectivity index (χ0n) is 12.5. The summed E-state index contributed by atoms with van der Waals surface area (Å²) in [6.07, 6.45) is 1.54. The van der Waals surface area contributed by atoms with Gasteiger partial charge >= 0.3 is 5.97 Å². The Hall–Kier alpha value is -1.40. The number of nitrogens with one attached hydrogen (secondary N) is 1. The minimum atomic E-state index is -1.28. The normalized spacial score (nSPS) is 22.3. The third-order valence-electron chi connectivity index (χ3n) is 4.03. The molecule has 0 bridgehead atoms. The van der Waals surface area contributed by atoms with E-state index in [0.717, 1.165) is 10.0 Å². The van der Waals surface area contributed by atoms with Gasteiger partial charge < -0.3 is 15.2 Å². The number of aliphatic carboxylic acids is 1. The van der Waals surface area contributed by atoms with E-state index in [1.54, 1.807) is 0 Å². The van der Waals surface area contributed by atoms with Gasteiger partial charge in [-0.15, -0.1) is 0 Å². The average Bonchev–Trinajstić information content (AvgIpc) is 2.94.